The maximum absolute atomic E-state index is 11.6. The van der Waals surface area contributed by atoms with Gasteiger partial charge in [0.2, 0.25) is 5.91 Å². The SMILES string of the molecule is Cc1ncsc1CN1C[C@@H](O)[C@H](n2ccc3c(C(N)=O)ccnc32)C1. The van der Waals surface area contributed by atoms with Crippen LogP contribution in [0.15, 0.2) is 30.0 Å². The number of nitrogens with zero attached hydrogens (tertiary/aromatic N) is 4. The molecule has 3 aromatic heterocycles. The van der Waals surface area contributed by atoms with Crippen molar-refractivity contribution in [1.29, 1.82) is 0 Å². The minimum Gasteiger partial charge on any atom is -0.390 e. The van der Waals surface area contributed by atoms with Crippen LogP contribution < -0.4 is 5.73 Å². The Bertz CT molecular complexity index is 934. The van der Waals surface area contributed by atoms with E-state index < -0.39 is 12.0 Å². The highest BCUT2D eigenvalue weighted by Crippen LogP contribution is 2.29. The summed E-state index contributed by atoms with van der Waals surface area (Å²) in [5.41, 5.74) is 9.47. The maximum atomic E-state index is 11.6. The summed E-state index contributed by atoms with van der Waals surface area (Å²) in [4.78, 5) is 23.7. The number of aryl methyl sites for hydroxylation is 1. The van der Waals surface area contributed by atoms with Crippen molar-refractivity contribution in [3.63, 3.8) is 0 Å². The number of aliphatic hydroxyl groups excluding tert-OH is 1. The van der Waals surface area contributed by atoms with Gasteiger partial charge in [-0.05, 0) is 19.1 Å². The van der Waals surface area contributed by atoms with Gasteiger partial charge in [-0.25, -0.2) is 9.97 Å². The highest BCUT2D eigenvalue weighted by molar-refractivity contribution is 7.09. The second-order valence-corrected chi connectivity index (χ2v) is 7.31. The van der Waals surface area contributed by atoms with Crippen molar-refractivity contribution < 1.29 is 9.90 Å². The Hall–Kier alpha value is -2.29. The van der Waals surface area contributed by atoms with Gasteiger partial charge in [0.15, 0.2) is 0 Å². The molecule has 25 heavy (non-hydrogen) atoms. The van der Waals surface area contributed by atoms with Crippen molar-refractivity contribution in [2.24, 2.45) is 5.73 Å². The van der Waals surface area contributed by atoms with E-state index in [1.807, 2.05) is 29.3 Å². The van der Waals surface area contributed by atoms with Crippen LogP contribution in [0.4, 0.5) is 0 Å². The predicted octanol–water partition coefficient (Wildman–Crippen LogP) is 1.32. The molecule has 0 aromatic carbocycles. The Morgan fingerprint density at radius 2 is 2.24 bits per heavy atom. The molecule has 8 heteroatoms. The van der Waals surface area contributed by atoms with Gasteiger partial charge in [0.25, 0.3) is 0 Å². The molecule has 3 N–H and O–H groups in total. The molecule has 1 saturated heterocycles. The van der Waals surface area contributed by atoms with Crippen LogP contribution in [0, 0.1) is 6.92 Å². The molecule has 0 radical (unpaired) electrons. The summed E-state index contributed by atoms with van der Waals surface area (Å²) in [6, 6.07) is 3.35. The van der Waals surface area contributed by atoms with E-state index in [9.17, 15) is 9.90 Å². The molecule has 7 nitrogen and oxygen atoms in total. The molecule has 0 saturated carbocycles. The number of aliphatic hydroxyl groups is 1. The Morgan fingerprint density at radius 3 is 2.96 bits per heavy atom. The van der Waals surface area contributed by atoms with Gasteiger partial charge in [-0.2, -0.15) is 0 Å². The third kappa shape index (κ3) is 2.82. The number of likely N-dealkylation sites (tertiary alicyclic amines) is 1. The summed E-state index contributed by atoms with van der Waals surface area (Å²) in [5, 5.41) is 11.3. The topological polar surface area (TPSA) is 97.3 Å². The molecule has 1 aliphatic heterocycles. The van der Waals surface area contributed by atoms with Gasteiger partial charge in [-0.1, -0.05) is 0 Å². The lowest BCUT2D eigenvalue weighted by Gasteiger charge is -2.17. The summed E-state index contributed by atoms with van der Waals surface area (Å²) >= 11 is 1.64. The number of hydrogen-bond acceptors (Lipinski definition) is 6. The van der Waals surface area contributed by atoms with Crippen LogP contribution in [0.1, 0.15) is 27.0 Å². The summed E-state index contributed by atoms with van der Waals surface area (Å²) in [7, 11) is 0. The Labute approximate surface area is 148 Å². The average Bonchev–Trinajstić information content (AvgIpc) is 3.26. The molecule has 0 aliphatic carbocycles. The van der Waals surface area contributed by atoms with E-state index in [-0.39, 0.29) is 6.04 Å². The number of thiazole rings is 1. The zero-order valence-corrected chi connectivity index (χ0v) is 14.6. The van der Waals surface area contributed by atoms with E-state index in [1.54, 1.807) is 23.6 Å². The number of β-amino-alcohol motifs (C(OH)–C–C–N with tert-alkyl or cyclic N) is 1. The zero-order chi connectivity index (χ0) is 17.6. The van der Waals surface area contributed by atoms with Crippen LogP contribution in [0.25, 0.3) is 11.0 Å². The van der Waals surface area contributed by atoms with Crippen LogP contribution in [0.3, 0.4) is 0 Å². The smallest absolute Gasteiger partial charge is 0.249 e. The summed E-state index contributed by atoms with van der Waals surface area (Å²) in [6.07, 6.45) is 2.96. The first-order chi connectivity index (χ1) is 12.0. The Morgan fingerprint density at radius 1 is 1.40 bits per heavy atom. The first-order valence-electron chi connectivity index (χ1n) is 8.09. The second-order valence-electron chi connectivity index (χ2n) is 6.37. The van der Waals surface area contributed by atoms with Gasteiger partial charge in [0.1, 0.15) is 5.65 Å². The highest BCUT2D eigenvalue weighted by atomic mass is 32.1. The third-order valence-electron chi connectivity index (χ3n) is 4.78. The minimum absolute atomic E-state index is 0.110. The van der Waals surface area contributed by atoms with E-state index in [0.29, 0.717) is 24.3 Å². The third-order valence-corrected chi connectivity index (χ3v) is 5.70. The fourth-order valence-corrected chi connectivity index (χ4v) is 4.29. The van der Waals surface area contributed by atoms with Crippen LogP contribution in [0.5, 0.6) is 0 Å². The molecule has 2 atom stereocenters. The molecular formula is C17H19N5O2S. The zero-order valence-electron chi connectivity index (χ0n) is 13.8. The quantitative estimate of drug-likeness (QED) is 0.734. The fraction of sp³-hybridized carbons (Fsp3) is 0.353. The number of carbonyl (C=O) groups is 1. The van der Waals surface area contributed by atoms with Crippen LogP contribution in [0.2, 0.25) is 0 Å². The molecule has 1 fully saturated rings. The fourth-order valence-electron chi connectivity index (χ4n) is 3.47. The summed E-state index contributed by atoms with van der Waals surface area (Å²) in [6.45, 7) is 4.09. The predicted molar refractivity (Wildman–Crippen MR) is 95.4 cm³/mol. The van der Waals surface area contributed by atoms with E-state index in [1.165, 1.54) is 4.88 Å². The number of aromatic nitrogens is 3. The molecule has 1 amide bonds. The Kier molecular flexibility index (Phi) is 4.03. The minimum atomic E-state index is -0.497. The molecule has 0 bridgehead atoms. The molecule has 4 rings (SSSR count). The molecule has 3 aromatic rings. The number of primary amides is 1. The van der Waals surface area contributed by atoms with E-state index >= 15 is 0 Å². The lowest BCUT2D eigenvalue weighted by molar-refractivity contribution is 0.100. The first-order valence-corrected chi connectivity index (χ1v) is 8.97. The van der Waals surface area contributed by atoms with Gasteiger partial charge < -0.3 is 15.4 Å². The average molecular weight is 357 g/mol. The van der Waals surface area contributed by atoms with Crippen molar-refractivity contribution in [1.82, 2.24) is 19.4 Å². The Balaban J connectivity index is 1.62. The van der Waals surface area contributed by atoms with E-state index in [0.717, 1.165) is 17.6 Å². The van der Waals surface area contributed by atoms with Crippen molar-refractivity contribution in [3.8, 4) is 0 Å². The number of pyridine rings is 1. The van der Waals surface area contributed by atoms with E-state index in [2.05, 4.69) is 14.9 Å². The number of rotatable bonds is 4. The molecule has 130 valence electrons. The number of nitrogens with two attached hydrogens (primary N) is 1. The van der Waals surface area contributed by atoms with Gasteiger partial charge >= 0.3 is 0 Å². The number of amides is 1. The number of fused-ring (bicyclic) bond motifs is 1. The standard InChI is InChI=1S/C17H19N5O2S/c1-10-15(25-9-20-10)8-21-6-13(14(23)7-21)22-5-3-12-11(16(18)24)2-4-19-17(12)22/h2-5,9,13-14,23H,6-8H2,1H3,(H2,18,24)/t13-,14-/m1/s1. The van der Waals surface area contributed by atoms with Crippen LogP contribution in [-0.2, 0) is 6.54 Å². The molecule has 0 spiro atoms. The molecule has 4 heterocycles. The van der Waals surface area contributed by atoms with Gasteiger partial charge in [0, 0.05) is 42.3 Å². The van der Waals surface area contributed by atoms with Crippen molar-refractivity contribution in [3.05, 3.63) is 46.2 Å². The van der Waals surface area contributed by atoms with Crippen molar-refractivity contribution in [2.75, 3.05) is 13.1 Å². The van der Waals surface area contributed by atoms with Crippen molar-refractivity contribution in [2.45, 2.75) is 25.6 Å². The monoisotopic (exact) mass is 357 g/mol. The normalized spacial score (nSPS) is 21.2. The van der Waals surface area contributed by atoms with Gasteiger partial charge in [0.05, 0.1) is 28.9 Å². The molecular weight excluding hydrogens is 338 g/mol. The highest BCUT2D eigenvalue weighted by Gasteiger charge is 2.34. The van der Waals surface area contributed by atoms with Crippen molar-refractivity contribution >= 4 is 28.3 Å². The van der Waals surface area contributed by atoms with Crippen LogP contribution >= 0.6 is 11.3 Å². The van der Waals surface area contributed by atoms with Gasteiger partial charge in [-0.15, -0.1) is 11.3 Å². The van der Waals surface area contributed by atoms with Gasteiger partial charge in [-0.3, -0.25) is 9.69 Å². The summed E-state index contributed by atoms with van der Waals surface area (Å²) < 4.78 is 1.95. The van der Waals surface area contributed by atoms with Crippen LogP contribution in [-0.4, -0.2) is 49.6 Å². The maximum Gasteiger partial charge on any atom is 0.249 e. The molecule has 1 aliphatic rings. The van der Waals surface area contributed by atoms with E-state index in [4.69, 9.17) is 5.73 Å². The number of carbonyl (C=O) groups excluding carboxylic acids is 1. The molecule has 0 unspecified atom stereocenters. The second kappa shape index (κ2) is 6.21. The largest absolute Gasteiger partial charge is 0.390 e. The summed E-state index contributed by atoms with van der Waals surface area (Å²) in [5.74, 6) is -0.473. The first kappa shape index (κ1) is 16.2. The lowest BCUT2D eigenvalue weighted by Crippen LogP contribution is -2.21. The number of hydrogen-bond donors (Lipinski definition) is 2. The lowest BCUT2D eigenvalue weighted by atomic mass is 10.2.